The fourth-order valence-corrected chi connectivity index (χ4v) is 5.27. The van der Waals surface area contributed by atoms with E-state index < -0.39 is 0 Å². The fraction of sp³-hybridized carbons (Fsp3) is 0.257. The molecule has 0 saturated carbocycles. The van der Waals surface area contributed by atoms with E-state index in [-0.39, 0.29) is 0 Å². The lowest BCUT2D eigenvalue weighted by molar-refractivity contribution is 0.173. The van der Waals surface area contributed by atoms with Crippen molar-refractivity contribution in [2.75, 3.05) is 25.1 Å². The van der Waals surface area contributed by atoms with Gasteiger partial charge in [-0.3, -0.25) is 20.3 Å². The molecule has 8 nitrogen and oxygen atoms in total. The Morgan fingerprint density at radius 3 is 2.07 bits per heavy atom. The highest BCUT2D eigenvalue weighted by molar-refractivity contribution is 6.30. The normalized spacial score (nSPS) is 15.1. The molecular weight excluding hydrogens is 568 g/mol. The molecule has 0 aliphatic carbocycles. The van der Waals surface area contributed by atoms with Crippen molar-refractivity contribution >= 4 is 34.6 Å². The number of hydrogen-bond acceptors (Lipinski definition) is 5. The van der Waals surface area contributed by atoms with Gasteiger partial charge >= 0.3 is 0 Å². The summed E-state index contributed by atoms with van der Waals surface area (Å²) in [6.45, 7) is 4.56. The molecule has 0 spiro atoms. The van der Waals surface area contributed by atoms with Crippen LogP contribution in [0.3, 0.4) is 0 Å². The Bertz CT molecular complexity index is 1540. The molecule has 1 saturated heterocycles. The van der Waals surface area contributed by atoms with E-state index in [4.69, 9.17) is 23.1 Å². The SMILES string of the molecule is NC(=NCCC1CCN(Cc2ccccc2)CC1)c1ccc(NN=Nc2ccc(C(N)=NCc3ccc(Cl)cc3)cc2)cc1. The van der Waals surface area contributed by atoms with Crippen LogP contribution >= 0.6 is 11.6 Å². The lowest BCUT2D eigenvalue weighted by atomic mass is 9.93. The summed E-state index contributed by atoms with van der Waals surface area (Å²) in [4.78, 5) is 11.7. The zero-order valence-electron chi connectivity index (χ0n) is 24.8. The molecule has 9 heteroatoms. The Morgan fingerprint density at radius 1 is 0.750 bits per heavy atom. The van der Waals surface area contributed by atoms with Crippen molar-refractivity contribution in [2.24, 2.45) is 37.7 Å². The molecule has 0 unspecified atom stereocenters. The van der Waals surface area contributed by atoms with Gasteiger partial charge in [0.2, 0.25) is 0 Å². The van der Waals surface area contributed by atoms with E-state index >= 15 is 0 Å². The van der Waals surface area contributed by atoms with Crippen LogP contribution in [0.15, 0.2) is 123 Å². The maximum atomic E-state index is 6.29. The average molecular weight is 607 g/mol. The third kappa shape index (κ3) is 9.49. The van der Waals surface area contributed by atoms with Crippen LogP contribution in [0, 0.1) is 5.92 Å². The van der Waals surface area contributed by atoms with Gasteiger partial charge in [0.05, 0.1) is 17.9 Å². The fourth-order valence-electron chi connectivity index (χ4n) is 5.15. The monoisotopic (exact) mass is 606 g/mol. The van der Waals surface area contributed by atoms with Gasteiger partial charge in [-0.25, -0.2) is 0 Å². The number of hydrogen-bond donors (Lipinski definition) is 3. The van der Waals surface area contributed by atoms with E-state index in [1.165, 1.54) is 18.4 Å². The third-order valence-electron chi connectivity index (χ3n) is 7.81. The lowest BCUT2D eigenvalue weighted by Crippen LogP contribution is -2.33. The van der Waals surface area contributed by atoms with Gasteiger partial charge in [0.15, 0.2) is 0 Å². The first-order valence-corrected chi connectivity index (χ1v) is 15.4. The first kappa shape index (κ1) is 30.9. The van der Waals surface area contributed by atoms with Crippen molar-refractivity contribution in [3.05, 3.63) is 130 Å². The summed E-state index contributed by atoms with van der Waals surface area (Å²) < 4.78 is 0. The minimum absolute atomic E-state index is 0.462. The topological polar surface area (TPSA) is 117 Å². The van der Waals surface area contributed by atoms with E-state index in [0.29, 0.717) is 34.8 Å². The van der Waals surface area contributed by atoms with Gasteiger partial charge in [0.1, 0.15) is 11.7 Å². The molecule has 0 aromatic heterocycles. The number of aliphatic imine (C=N–C) groups is 2. The second-order valence-corrected chi connectivity index (χ2v) is 11.5. The van der Waals surface area contributed by atoms with Crippen molar-refractivity contribution < 1.29 is 0 Å². The van der Waals surface area contributed by atoms with Gasteiger partial charge in [-0.15, -0.1) is 5.11 Å². The standard InChI is InChI=1S/C35H39ClN8/c36-31-12-6-27(7-13-31)24-40-35(38)30-10-16-33(17-11-30)42-43-41-32-14-8-29(9-15-32)34(37)39-21-18-26-19-22-44(23-20-26)25-28-4-2-1-3-5-28/h1-17,26H,18-25H2,(H2,37,39)(H2,38,40)(H,41,42). The van der Waals surface area contributed by atoms with Gasteiger partial charge in [0, 0.05) is 29.2 Å². The zero-order chi connectivity index (χ0) is 30.6. The predicted octanol–water partition coefficient (Wildman–Crippen LogP) is 7.36. The largest absolute Gasteiger partial charge is 0.384 e. The van der Waals surface area contributed by atoms with E-state index in [9.17, 15) is 0 Å². The number of anilines is 1. The maximum absolute atomic E-state index is 6.29. The second kappa shape index (κ2) is 15.8. The molecule has 44 heavy (non-hydrogen) atoms. The maximum Gasteiger partial charge on any atom is 0.125 e. The van der Waals surface area contributed by atoms with Crippen LogP contribution in [-0.4, -0.2) is 36.2 Å². The summed E-state index contributed by atoms with van der Waals surface area (Å²) >= 11 is 5.94. The number of likely N-dealkylation sites (tertiary alicyclic amines) is 1. The highest BCUT2D eigenvalue weighted by atomic mass is 35.5. The number of nitrogens with one attached hydrogen (secondary N) is 1. The summed E-state index contributed by atoms with van der Waals surface area (Å²) in [5.74, 6) is 1.73. The zero-order valence-corrected chi connectivity index (χ0v) is 25.6. The number of amidine groups is 2. The number of rotatable bonds is 12. The molecule has 1 heterocycles. The van der Waals surface area contributed by atoms with Gasteiger partial charge in [-0.2, -0.15) is 0 Å². The summed E-state index contributed by atoms with van der Waals surface area (Å²) in [7, 11) is 0. The minimum Gasteiger partial charge on any atom is -0.384 e. The molecule has 1 aliphatic heterocycles. The predicted molar refractivity (Wildman–Crippen MR) is 182 cm³/mol. The Kier molecular flexibility index (Phi) is 11.1. The smallest absolute Gasteiger partial charge is 0.125 e. The average Bonchev–Trinajstić information content (AvgIpc) is 3.06. The summed E-state index contributed by atoms with van der Waals surface area (Å²) in [5, 5.41) is 9.05. The van der Waals surface area contributed by atoms with E-state index in [2.05, 4.69) is 61.0 Å². The van der Waals surface area contributed by atoms with Crippen LogP contribution in [0.5, 0.6) is 0 Å². The highest BCUT2D eigenvalue weighted by Gasteiger charge is 2.18. The number of halogens is 1. The van der Waals surface area contributed by atoms with Crippen LogP contribution in [0.4, 0.5) is 11.4 Å². The van der Waals surface area contributed by atoms with Crippen molar-refractivity contribution in [1.82, 2.24) is 4.90 Å². The molecule has 1 aliphatic rings. The van der Waals surface area contributed by atoms with Crippen LogP contribution in [0.1, 0.15) is 41.5 Å². The minimum atomic E-state index is 0.462. The molecule has 0 amide bonds. The van der Waals surface area contributed by atoms with E-state index in [0.717, 1.165) is 55.0 Å². The van der Waals surface area contributed by atoms with Crippen LogP contribution in [0.2, 0.25) is 5.02 Å². The molecular formula is C35H39ClN8. The Balaban J connectivity index is 1.03. The van der Waals surface area contributed by atoms with Gasteiger partial charge in [0.25, 0.3) is 0 Å². The molecule has 1 fully saturated rings. The van der Waals surface area contributed by atoms with Crippen molar-refractivity contribution in [3.63, 3.8) is 0 Å². The molecule has 0 radical (unpaired) electrons. The number of nitrogens with zero attached hydrogens (tertiary/aromatic N) is 5. The molecule has 226 valence electrons. The Morgan fingerprint density at radius 2 is 1.39 bits per heavy atom. The number of benzene rings is 4. The summed E-state index contributed by atoms with van der Waals surface area (Å²) in [6.07, 6.45) is 3.51. The number of nitrogens with two attached hydrogens (primary N) is 2. The van der Waals surface area contributed by atoms with Gasteiger partial charge in [-0.1, -0.05) is 59.3 Å². The van der Waals surface area contributed by atoms with Crippen LogP contribution < -0.4 is 16.9 Å². The van der Waals surface area contributed by atoms with Crippen LogP contribution in [-0.2, 0) is 13.1 Å². The van der Waals surface area contributed by atoms with Crippen molar-refractivity contribution in [3.8, 4) is 0 Å². The summed E-state index contributed by atoms with van der Waals surface area (Å²) in [6, 6.07) is 33.4. The quantitative estimate of drug-likeness (QED) is 0.0675. The Labute approximate surface area is 264 Å². The molecule has 4 aromatic rings. The number of piperidine rings is 1. The third-order valence-corrected chi connectivity index (χ3v) is 8.06. The van der Waals surface area contributed by atoms with E-state index in [1.54, 1.807) is 0 Å². The van der Waals surface area contributed by atoms with E-state index in [1.807, 2.05) is 72.8 Å². The Hall–Kier alpha value is -4.53. The molecule has 5 rings (SSSR count). The first-order valence-electron chi connectivity index (χ1n) is 15.0. The molecule has 5 N–H and O–H groups in total. The summed E-state index contributed by atoms with van der Waals surface area (Å²) in [5.41, 5.74) is 21.1. The molecule has 0 bridgehead atoms. The first-order chi connectivity index (χ1) is 21.5. The molecule has 4 aromatic carbocycles. The van der Waals surface area contributed by atoms with Gasteiger partial charge in [-0.05, 0) is 110 Å². The van der Waals surface area contributed by atoms with Gasteiger partial charge < -0.3 is 11.5 Å². The van der Waals surface area contributed by atoms with Crippen molar-refractivity contribution in [1.29, 1.82) is 0 Å². The highest BCUT2D eigenvalue weighted by Crippen LogP contribution is 2.22. The van der Waals surface area contributed by atoms with Crippen molar-refractivity contribution in [2.45, 2.75) is 32.4 Å². The van der Waals surface area contributed by atoms with Crippen LogP contribution in [0.25, 0.3) is 0 Å². The lowest BCUT2D eigenvalue weighted by Gasteiger charge is -2.31. The molecule has 0 atom stereocenters. The second-order valence-electron chi connectivity index (χ2n) is 11.0.